The Bertz CT molecular complexity index is 560. The molecule has 0 aliphatic rings. The van der Waals surface area contributed by atoms with Crippen LogP contribution in [0.25, 0.3) is 0 Å². The molecule has 0 unspecified atom stereocenters. The van der Waals surface area contributed by atoms with Gasteiger partial charge in [0.2, 0.25) is 5.88 Å². The third-order valence-corrected chi connectivity index (χ3v) is 2.99. The van der Waals surface area contributed by atoms with E-state index in [1.807, 2.05) is 0 Å². The molecule has 1 aromatic heterocycles. The van der Waals surface area contributed by atoms with Crippen LogP contribution in [0.4, 0.5) is 5.69 Å². The molecule has 2 rings (SSSR count). The van der Waals surface area contributed by atoms with Crippen molar-refractivity contribution in [1.29, 1.82) is 0 Å². The average molecular weight is 290 g/mol. The molecule has 88 valence electrons. The first-order chi connectivity index (χ1) is 8.08. The van der Waals surface area contributed by atoms with E-state index >= 15 is 0 Å². The minimum atomic E-state index is 0.263. The molecular weight excluding hydrogens is 282 g/mol. The van der Waals surface area contributed by atoms with E-state index < -0.39 is 0 Å². The second-order valence-corrected chi connectivity index (χ2v) is 4.42. The molecule has 0 amide bonds. The van der Waals surface area contributed by atoms with Crippen molar-refractivity contribution >= 4 is 40.5 Å². The molecule has 2 N–H and O–H groups in total. The van der Waals surface area contributed by atoms with Crippen LogP contribution in [0.2, 0.25) is 15.1 Å². The van der Waals surface area contributed by atoms with Crippen LogP contribution >= 0.6 is 34.8 Å². The van der Waals surface area contributed by atoms with Crippen molar-refractivity contribution in [2.75, 3.05) is 5.73 Å². The largest absolute Gasteiger partial charge is 0.435 e. The number of rotatable bonds is 2. The number of hydrogen-bond donors (Lipinski definition) is 1. The predicted octanol–water partition coefficient (Wildman–Crippen LogP) is 4.42. The molecule has 2 aromatic rings. The molecule has 0 bridgehead atoms. The number of nitrogens with zero attached hydrogens (tertiary/aromatic N) is 1. The van der Waals surface area contributed by atoms with Crippen molar-refractivity contribution in [1.82, 2.24) is 4.98 Å². The Labute approximate surface area is 113 Å². The van der Waals surface area contributed by atoms with Crippen molar-refractivity contribution in [3.8, 4) is 11.6 Å². The number of hydrogen-bond acceptors (Lipinski definition) is 3. The smallest absolute Gasteiger partial charge is 0.238 e. The molecule has 0 saturated heterocycles. The molecule has 17 heavy (non-hydrogen) atoms. The van der Waals surface area contributed by atoms with Crippen LogP contribution in [0.15, 0.2) is 30.5 Å². The van der Waals surface area contributed by atoms with Gasteiger partial charge in [0, 0.05) is 12.3 Å². The second kappa shape index (κ2) is 5.00. The summed E-state index contributed by atoms with van der Waals surface area (Å²) in [6.45, 7) is 0. The standard InChI is InChI=1S/C11H7Cl3N2O/c12-6-2-1-3-16-11(6)17-10-5-8(14)7(13)4-9(10)15/h1-5H,15H2. The van der Waals surface area contributed by atoms with Crippen molar-refractivity contribution in [3.05, 3.63) is 45.5 Å². The first kappa shape index (κ1) is 12.3. The van der Waals surface area contributed by atoms with E-state index in [-0.39, 0.29) is 5.88 Å². The van der Waals surface area contributed by atoms with Gasteiger partial charge >= 0.3 is 0 Å². The lowest BCUT2D eigenvalue weighted by Crippen LogP contribution is -1.94. The molecule has 1 aromatic carbocycles. The van der Waals surface area contributed by atoms with Crippen molar-refractivity contribution in [2.24, 2.45) is 0 Å². The lowest BCUT2D eigenvalue weighted by molar-refractivity contribution is 0.465. The zero-order chi connectivity index (χ0) is 12.4. The SMILES string of the molecule is Nc1cc(Cl)c(Cl)cc1Oc1ncccc1Cl. The molecule has 1 heterocycles. The summed E-state index contributed by atoms with van der Waals surface area (Å²) < 4.78 is 5.46. The highest BCUT2D eigenvalue weighted by molar-refractivity contribution is 6.42. The first-order valence-electron chi connectivity index (χ1n) is 4.61. The van der Waals surface area contributed by atoms with E-state index in [4.69, 9.17) is 45.3 Å². The van der Waals surface area contributed by atoms with Gasteiger partial charge < -0.3 is 10.5 Å². The number of anilines is 1. The number of ether oxygens (including phenoxy) is 1. The Hall–Kier alpha value is -1.16. The van der Waals surface area contributed by atoms with Gasteiger partial charge in [-0.1, -0.05) is 34.8 Å². The Morgan fingerprint density at radius 1 is 1.06 bits per heavy atom. The molecular formula is C11H7Cl3N2O. The van der Waals surface area contributed by atoms with Gasteiger partial charge in [0.25, 0.3) is 0 Å². The summed E-state index contributed by atoms with van der Waals surface area (Å²) in [5.74, 6) is 0.624. The maximum absolute atomic E-state index is 5.91. The fourth-order valence-electron chi connectivity index (χ4n) is 1.18. The molecule has 0 aliphatic heterocycles. The van der Waals surface area contributed by atoms with Crippen LogP contribution in [0.3, 0.4) is 0 Å². The molecule has 0 radical (unpaired) electrons. The molecule has 6 heteroatoms. The summed E-state index contributed by atoms with van der Waals surface area (Å²) in [5, 5.41) is 1.10. The van der Waals surface area contributed by atoms with Gasteiger partial charge in [0.15, 0.2) is 5.75 Å². The van der Waals surface area contributed by atoms with Crippen LogP contribution in [0.1, 0.15) is 0 Å². The monoisotopic (exact) mass is 288 g/mol. The van der Waals surface area contributed by atoms with Crippen LogP contribution in [-0.2, 0) is 0 Å². The first-order valence-corrected chi connectivity index (χ1v) is 5.74. The molecule has 0 fully saturated rings. The van der Waals surface area contributed by atoms with Crippen molar-refractivity contribution in [2.45, 2.75) is 0 Å². The average Bonchev–Trinajstić information content (AvgIpc) is 2.29. The Kier molecular flexibility index (Phi) is 3.62. The highest BCUT2D eigenvalue weighted by atomic mass is 35.5. The lowest BCUT2D eigenvalue weighted by Gasteiger charge is -2.09. The summed E-state index contributed by atoms with van der Waals surface area (Å²) >= 11 is 17.6. The zero-order valence-electron chi connectivity index (χ0n) is 8.45. The van der Waals surface area contributed by atoms with Gasteiger partial charge in [-0.05, 0) is 18.2 Å². The van der Waals surface area contributed by atoms with Crippen LogP contribution in [0, 0.1) is 0 Å². The van der Waals surface area contributed by atoms with Gasteiger partial charge in [-0.3, -0.25) is 0 Å². The summed E-state index contributed by atoms with van der Waals surface area (Å²) in [4.78, 5) is 3.98. The summed E-state index contributed by atoms with van der Waals surface area (Å²) in [6, 6.07) is 6.39. The highest BCUT2D eigenvalue weighted by Crippen LogP contribution is 2.36. The minimum absolute atomic E-state index is 0.263. The predicted molar refractivity (Wildman–Crippen MR) is 70.2 cm³/mol. The number of nitrogens with two attached hydrogens (primary N) is 1. The molecule has 0 spiro atoms. The Balaban J connectivity index is 2.37. The fourth-order valence-corrected chi connectivity index (χ4v) is 1.67. The third-order valence-electron chi connectivity index (χ3n) is 1.98. The number of halogens is 3. The second-order valence-electron chi connectivity index (χ2n) is 3.20. The number of pyridine rings is 1. The maximum Gasteiger partial charge on any atom is 0.238 e. The molecule has 0 saturated carbocycles. The van der Waals surface area contributed by atoms with E-state index in [1.54, 1.807) is 18.3 Å². The summed E-state index contributed by atoms with van der Waals surface area (Å²) in [7, 11) is 0. The Morgan fingerprint density at radius 3 is 2.47 bits per heavy atom. The quantitative estimate of drug-likeness (QED) is 0.833. The molecule has 0 atom stereocenters. The van der Waals surface area contributed by atoms with Gasteiger partial charge in [-0.25, -0.2) is 4.98 Å². The van der Waals surface area contributed by atoms with Crippen LogP contribution < -0.4 is 10.5 Å². The topological polar surface area (TPSA) is 48.1 Å². The fraction of sp³-hybridized carbons (Fsp3) is 0. The van der Waals surface area contributed by atoms with Gasteiger partial charge in [0.05, 0.1) is 15.7 Å². The van der Waals surface area contributed by atoms with Crippen LogP contribution in [-0.4, -0.2) is 4.98 Å². The van der Waals surface area contributed by atoms with Gasteiger partial charge in [-0.2, -0.15) is 0 Å². The van der Waals surface area contributed by atoms with E-state index in [2.05, 4.69) is 4.98 Å². The summed E-state index contributed by atoms with van der Waals surface area (Å²) in [6.07, 6.45) is 1.56. The van der Waals surface area contributed by atoms with Gasteiger partial charge in [0.1, 0.15) is 5.02 Å². The number of aromatic nitrogens is 1. The molecule has 3 nitrogen and oxygen atoms in total. The zero-order valence-corrected chi connectivity index (χ0v) is 10.7. The van der Waals surface area contributed by atoms with Crippen LogP contribution in [0.5, 0.6) is 11.6 Å². The number of benzene rings is 1. The minimum Gasteiger partial charge on any atom is -0.435 e. The normalized spacial score (nSPS) is 10.3. The maximum atomic E-state index is 5.91. The van der Waals surface area contributed by atoms with Crippen molar-refractivity contribution in [3.63, 3.8) is 0 Å². The third kappa shape index (κ3) is 2.75. The highest BCUT2D eigenvalue weighted by Gasteiger charge is 2.09. The Morgan fingerprint density at radius 2 is 1.76 bits per heavy atom. The van der Waals surface area contributed by atoms with E-state index in [0.717, 1.165) is 0 Å². The van der Waals surface area contributed by atoms with E-state index in [0.29, 0.717) is 26.5 Å². The van der Waals surface area contributed by atoms with Crippen molar-refractivity contribution < 1.29 is 4.74 Å². The lowest BCUT2D eigenvalue weighted by atomic mass is 10.3. The summed E-state index contributed by atoms with van der Waals surface area (Å²) in [5.41, 5.74) is 6.11. The number of nitrogen functional groups attached to an aromatic ring is 1. The van der Waals surface area contributed by atoms with Gasteiger partial charge in [-0.15, -0.1) is 0 Å². The van der Waals surface area contributed by atoms with E-state index in [1.165, 1.54) is 12.1 Å². The molecule has 0 aliphatic carbocycles. The van der Waals surface area contributed by atoms with E-state index in [9.17, 15) is 0 Å².